The van der Waals surface area contributed by atoms with E-state index in [9.17, 15) is 4.79 Å². The van der Waals surface area contributed by atoms with E-state index in [1.807, 2.05) is 45.8 Å². The van der Waals surface area contributed by atoms with E-state index in [1.165, 1.54) is 11.1 Å². The van der Waals surface area contributed by atoms with Crippen molar-refractivity contribution < 1.29 is 4.79 Å². The van der Waals surface area contributed by atoms with Crippen LogP contribution in [-0.2, 0) is 11.3 Å². The van der Waals surface area contributed by atoms with Crippen LogP contribution in [0.2, 0.25) is 0 Å². The van der Waals surface area contributed by atoms with Crippen molar-refractivity contribution in [3.8, 4) is 0 Å². The first-order valence-electron chi connectivity index (χ1n) is 7.80. The molecule has 2 heterocycles. The molecule has 1 fully saturated rings. The summed E-state index contributed by atoms with van der Waals surface area (Å²) >= 11 is 1.98. The van der Waals surface area contributed by atoms with Crippen LogP contribution in [0.15, 0.2) is 48.8 Å². The van der Waals surface area contributed by atoms with E-state index in [0.717, 1.165) is 25.3 Å². The second kappa shape index (κ2) is 7.05. The summed E-state index contributed by atoms with van der Waals surface area (Å²) in [6, 6.07) is 12.5. The smallest absolute Gasteiger partial charge is 0.242 e. The first kappa shape index (κ1) is 15.2. The molecule has 22 heavy (non-hydrogen) atoms. The van der Waals surface area contributed by atoms with Gasteiger partial charge in [-0.3, -0.25) is 4.79 Å². The van der Waals surface area contributed by atoms with Gasteiger partial charge < -0.3 is 9.47 Å². The maximum absolute atomic E-state index is 12.4. The van der Waals surface area contributed by atoms with Gasteiger partial charge in [0, 0.05) is 36.5 Å². The van der Waals surface area contributed by atoms with Gasteiger partial charge in [-0.2, -0.15) is 11.8 Å². The molecule has 0 aliphatic carbocycles. The Kier molecular flexibility index (Phi) is 4.88. The number of aryl methyl sites for hydroxylation is 1. The highest BCUT2D eigenvalue weighted by Gasteiger charge is 2.22. The SMILES string of the molecule is Cc1ccccc1[C@@H]1CCN(C(=O)Cn2cccc2)CCS1. The Balaban J connectivity index is 1.62. The largest absolute Gasteiger partial charge is 0.345 e. The van der Waals surface area contributed by atoms with Crippen molar-refractivity contribution in [2.75, 3.05) is 18.8 Å². The second-order valence-electron chi connectivity index (χ2n) is 5.74. The van der Waals surface area contributed by atoms with Gasteiger partial charge in [0.1, 0.15) is 6.54 Å². The van der Waals surface area contributed by atoms with E-state index in [-0.39, 0.29) is 5.91 Å². The topological polar surface area (TPSA) is 25.2 Å². The zero-order valence-electron chi connectivity index (χ0n) is 12.9. The van der Waals surface area contributed by atoms with E-state index in [1.54, 1.807) is 0 Å². The summed E-state index contributed by atoms with van der Waals surface area (Å²) in [4.78, 5) is 14.4. The summed E-state index contributed by atoms with van der Waals surface area (Å²) in [6.45, 7) is 4.34. The van der Waals surface area contributed by atoms with Crippen molar-refractivity contribution in [3.63, 3.8) is 0 Å². The van der Waals surface area contributed by atoms with E-state index >= 15 is 0 Å². The van der Waals surface area contributed by atoms with Crippen LogP contribution in [0, 0.1) is 6.92 Å². The number of carbonyl (C=O) groups is 1. The fourth-order valence-corrected chi connectivity index (χ4v) is 4.27. The standard InChI is InChI=1S/C18H22N2OS/c1-15-6-2-3-7-16(15)17-8-11-20(12-13-22-17)18(21)14-19-9-4-5-10-19/h2-7,9-10,17H,8,11-14H2,1H3/t17-/m0/s1. The Morgan fingerprint density at radius 2 is 1.95 bits per heavy atom. The van der Waals surface area contributed by atoms with Crippen LogP contribution in [0.25, 0.3) is 0 Å². The molecule has 0 bridgehead atoms. The highest BCUT2D eigenvalue weighted by molar-refractivity contribution is 7.99. The Labute approximate surface area is 136 Å². The van der Waals surface area contributed by atoms with Gasteiger partial charge in [-0.1, -0.05) is 24.3 Å². The number of carbonyl (C=O) groups excluding carboxylic acids is 1. The lowest BCUT2D eigenvalue weighted by atomic mass is 10.0. The van der Waals surface area contributed by atoms with Crippen LogP contribution in [0.1, 0.15) is 22.8 Å². The second-order valence-corrected chi connectivity index (χ2v) is 7.05. The van der Waals surface area contributed by atoms with Crippen molar-refractivity contribution in [1.29, 1.82) is 0 Å². The molecule has 1 aliphatic rings. The van der Waals surface area contributed by atoms with Crippen molar-refractivity contribution in [2.45, 2.75) is 25.1 Å². The molecule has 0 radical (unpaired) electrons. The quantitative estimate of drug-likeness (QED) is 0.866. The lowest BCUT2D eigenvalue weighted by Gasteiger charge is -2.21. The summed E-state index contributed by atoms with van der Waals surface area (Å²) < 4.78 is 1.94. The van der Waals surface area contributed by atoms with Gasteiger partial charge in [-0.25, -0.2) is 0 Å². The first-order chi connectivity index (χ1) is 10.7. The minimum absolute atomic E-state index is 0.224. The molecule has 0 spiro atoms. The van der Waals surface area contributed by atoms with Gasteiger partial charge in [0.05, 0.1) is 0 Å². The van der Waals surface area contributed by atoms with E-state index in [0.29, 0.717) is 11.8 Å². The highest BCUT2D eigenvalue weighted by atomic mass is 32.2. The molecule has 1 atom stereocenters. The Hall–Kier alpha value is -1.68. The third kappa shape index (κ3) is 3.55. The lowest BCUT2D eigenvalue weighted by Crippen LogP contribution is -2.35. The molecule has 0 unspecified atom stereocenters. The summed E-state index contributed by atoms with van der Waals surface area (Å²) in [5.74, 6) is 1.23. The van der Waals surface area contributed by atoms with Gasteiger partial charge in [0.15, 0.2) is 0 Å². The minimum Gasteiger partial charge on any atom is -0.345 e. The van der Waals surface area contributed by atoms with Gasteiger partial charge in [0.25, 0.3) is 0 Å². The average molecular weight is 314 g/mol. The van der Waals surface area contributed by atoms with Crippen molar-refractivity contribution in [3.05, 3.63) is 59.9 Å². The molecule has 1 aromatic carbocycles. The predicted molar refractivity (Wildman–Crippen MR) is 92.0 cm³/mol. The summed E-state index contributed by atoms with van der Waals surface area (Å²) in [5.41, 5.74) is 2.78. The Morgan fingerprint density at radius 1 is 1.18 bits per heavy atom. The zero-order chi connectivity index (χ0) is 15.4. The predicted octanol–water partition coefficient (Wildman–Crippen LogP) is 3.50. The molecule has 4 heteroatoms. The number of amides is 1. The molecule has 1 amide bonds. The highest BCUT2D eigenvalue weighted by Crippen LogP contribution is 2.35. The molecular weight excluding hydrogens is 292 g/mol. The number of rotatable bonds is 3. The fourth-order valence-electron chi connectivity index (χ4n) is 2.95. The molecule has 3 rings (SSSR count). The fraction of sp³-hybridized carbons (Fsp3) is 0.389. The number of benzene rings is 1. The van der Waals surface area contributed by atoms with Gasteiger partial charge in [-0.15, -0.1) is 0 Å². The van der Waals surface area contributed by atoms with Crippen LogP contribution in [-0.4, -0.2) is 34.2 Å². The van der Waals surface area contributed by atoms with Crippen molar-refractivity contribution >= 4 is 17.7 Å². The van der Waals surface area contributed by atoms with Crippen LogP contribution in [0.4, 0.5) is 0 Å². The maximum Gasteiger partial charge on any atom is 0.242 e. The molecule has 0 saturated carbocycles. The van der Waals surface area contributed by atoms with E-state index in [2.05, 4.69) is 31.2 Å². The third-order valence-electron chi connectivity index (χ3n) is 4.21. The normalized spacial score (nSPS) is 19.0. The van der Waals surface area contributed by atoms with Crippen molar-refractivity contribution in [2.24, 2.45) is 0 Å². The van der Waals surface area contributed by atoms with Gasteiger partial charge >= 0.3 is 0 Å². The molecular formula is C18H22N2OS. The number of hydrogen-bond acceptors (Lipinski definition) is 2. The Morgan fingerprint density at radius 3 is 2.73 bits per heavy atom. The summed E-state index contributed by atoms with van der Waals surface area (Å²) in [6.07, 6.45) is 4.92. The molecule has 0 N–H and O–H groups in total. The average Bonchev–Trinajstić information content (AvgIpc) is 2.90. The summed E-state index contributed by atoms with van der Waals surface area (Å²) in [5, 5.41) is 0.505. The number of hydrogen-bond donors (Lipinski definition) is 0. The maximum atomic E-state index is 12.4. The Bertz CT molecular complexity index is 624. The molecule has 1 saturated heterocycles. The van der Waals surface area contributed by atoms with Gasteiger partial charge in [0.2, 0.25) is 5.91 Å². The minimum atomic E-state index is 0.224. The molecule has 2 aromatic rings. The molecule has 116 valence electrons. The molecule has 1 aliphatic heterocycles. The van der Waals surface area contributed by atoms with Crippen LogP contribution >= 0.6 is 11.8 Å². The van der Waals surface area contributed by atoms with Crippen molar-refractivity contribution in [1.82, 2.24) is 9.47 Å². The molecule has 1 aromatic heterocycles. The number of nitrogens with zero attached hydrogens (tertiary/aromatic N) is 2. The first-order valence-corrected chi connectivity index (χ1v) is 8.84. The number of thioether (sulfide) groups is 1. The molecule has 3 nitrogen and oxygen atoms in total. The monoisotopic (exact) mass is 314 g/mol. The van der Waals surface area contributed by atoms with E-state index < -0.39 is 0 Å². The van der Waals surface area contributed by atoms with Crippen LogP contribution < -0.4 is 0 Å². The van der Waals surface area contributed by atoms with Crippen LogP contribution in [0.5, 0.6) is 0 Å². The lowest BCUT2D eigenvalue weighted by molar-refractivity contribution is -0.131. The van der Waals surface area contributed by atoms with Gasteiger partial charge in [-0.05, 0) is 36.6 Å². The zero-order valence-corrected chi connectivity index (χ0v) is 13.8. The van der Waals surface area contributed by atoms with E-state index in [4.69, 9.17) is 0 Å². The third-order valence-corrected chi connectivity index (χ3v) is 5.52. The summed E-state index contributed by atoms with van der Waals surface area (Å²) in [7, 11) is 0. The number of aromatic nitrogens is 1. The van der Waals surface area contributed by atoms with Crippen LogP contribution in [0.3, 0.4) is 0 Å².